The van der Waals surface area contributed by atoms with E-state index in [9.17, 15) is 4.79 Å². The molecule has 1 N–H and O–H groups in total. The Kier molecular flexibility index (Phi) is 5.41. The highest BCUT2D eigenvalue weighted by Gasteiger charge is 1.93. The molecule has 0 aliphatic carbocycles. The second kappa shape index (κ2) is 5.69. The molecule has 4 heteroatoms. The molecule has 0 heterocycles. The van der Waals surface area contributed by atoms with E-state index in [1.165, 1.54) is 0 Å². The van der Waals surface area contributed by atoms with Gasteiger partial charge in [0.25, 0.3) is 0 Å². The van der Waals surface area contributed by atoms with E-state index in [0.717, 1.165) is 6.42 Å². The molecular formula is C5H9ClO3. The van der Waals surface area contributed by atoms with Crippen LogP contribution in [0, 0.1) is 0 Å². The summed E-state index contributed by atoms with van der Waals surface area (Å²) >= 11 is 5.31. The van der Waals surface area contributed by atoms with Crippen molar-refractivity contribution < 1.29 is 14.6 Å². The number of carbonyl (C=O) groups is 1. The van der Waals surface area contributed by atoms with Gasteiger partial charge in [-0.2, -0.15) is 0 Å². The van der Waals surface area contributed by atoms with Crippen LogP contribution in [0.25, 0.3) is 0 Å². The molecule has 0 saturated heterocycles. The van der Waals surface area contributed by atoms with Crippen molar-refractivity contribution >= 4 is 17.8 Å². The normalized spacial score (nSPS) is 9.00. The topological polar surface area (TPSA) is 46.5 Å². The fraction of sp³-hybridized carbons (Fsp3) is 0.800. The third-order valence-corrected chi connectivity index (χ3v) is 1.02. The zero-order chi connectivity index (χ0) is 7.11. The van der Waals surface area contributed by atoms with Crippen molar-refractivity contribution in [3.05, 3.63) is 0 Å². The first-order valence-electron chi connectivity index (χ1n) is 2.69. The second-order valence-corrected chi connectivity index (χ2v) is 1.89. The third kappa shape index (κ3) is 7.56. The molecule has 0 unspecified atom stereocenters. The minimum absolute atomic E-state index is 0.252. The number of carboxylic acid groups (broad SMARTS) is 1. The lowest BCUT2D eigenvalue weighted by Crippen LogP contribution is -2.01. The summed E-state index contributed by atoms with van der Waals surface area (Å²) in [6, 6.07) is 0. The molecule has 0 saturated carbocycles. The standard InChI is InChI=1S/C5H9ClO3/c6-3-1-2-4-9-5(7)8/h1-4H2,(H,7,8). The van der Waals surface area contributed by atoms with Crippen LogP contribution in [0.3, 0.4) is 0 Å². The highest BCUT2D eigenvalue weighted by atomic mass is 35.5. The molecule has 0 bridgehead atoms. The van der Waals surface area contributed by atoms with Crippen molar-refractivity contribution in [2.24, 2.45) is 0 Å². The Balaban J connectivity index is 2.83. The Morgan fingerprint density at radius 3 is 2.67 bits per heavy atom. The van der Waals surface area contributed by atoms with E-state index in [2.05, 4.69) is 4.74 Å². The summed E-state index contributed by atoms with van der Waals surface area (Å²) in [6.07, 6.45) is 0.287. The Morgan fingerprint density at radius 2 is 2.22 bits per heavy atom. The molecule has 0 fully saturated rings. The van der Waals surface area contributed by atoms with E-state index in [4.69, 9.17) is 16.7 Å². The molecular weight excluding hydrogens is 144 g/mol. The van der Waals surface area contributed by atoms with Crippen molar-refractivity contribution in [1.82, 2.24) is 0 Å². The van der Waals surface area contributed by atoms with Gasteiger partial charge in [-0.3, -0.25) is 0 Å². The maximum Gasteiger partial charge on any atom is 0.505 e. The molecule has 54 valence electrons. The van der Waals surface area contributed by atoms with Gasteiger partial charge in [-0.1, -0.05) is 0 Å². The molecule has 0 aromatic heterocycles. The second-order valence-electron chi connectivity index (χ2n) is 1.51. The van der Waals surface area contributed by atoms with Crippen LogP contribution in [-0.2, 0) is 4.74 Å². The van der Waals surface area contributed by atoms with E-state index in [0.29, 0.717) is 12.3 Å². The van der Waals surface area contributed by atoms with Crippen LogP contribution in [0.5, 0.6) is 0 Å². The zero-order valence-electron chi connectivity index (χ0n) is 4.97. The van der Waals surface area contributed by atoms with Crippen LogP contribution in [0.1, 0.15) is 12.8 Å². The Hall–Kier alpha value is -0.440. The van der Waals surface area contributed by atoms with Gasteiger partial charge in [-0.05, 0) is 12.8 Å². The average Bonchev–Trinajstić information content (AvgIpc) is 1.80. The van der Waals surface area contributed by atoms with Gasteiger partial charge in [0.1, 0.15) is 0 Å². The van der Waals surface area contributed by atoms with Crippen LogP contribution in [0.15, 0.2) is 0 Å². The SMILES string of the molecule is O=C(O)OCCCCCl. The van der Waals surface area contributed by atoms with E-state index in [-0.39, 0.29) is 6.61 Å². The summed E-state index contributed by atoms with van der Waals surface area (Å²) in [4.78, 5) is 9.71. The molecule has 0 amide bonds. The molecule has 0 aliphatic heterocycles. The number of ether oxygens (including phenoxy) is 1. The Morgan fingerprint density at radius 1 is 1.56 bits per heavy atom. The number of hydrogen-bond acceptors (Lipinski definition) is 2. The summed E-state index contributed by atoms with van der Waals surface area (Å²) in [7, 11) is 0. The quantitative estimate of drug-likeness (QED) is 0.379. The summed E-state index contributed by atoms with van der Waals surface area (Å²) < 4.78 is 4.20. The van der Waals surface area contributed by atoms with Crippen molar-refractivity contribution in [2.75, 3.05) is 12.5 Å². The number of alkyl halides is 1. The summed E-state index contributed by atoms with van der Waals surface area (Å²) in [5.74, 6) is 0.559. The largest absolute Gasteiger partial charge is 0.505 e. The van der Waals surface area contributed by atoms with Crippen LogP contribution in [0.2, 0.25) is 0 Å². The smallest absolute Gasteiger partial charge is 0.450 e. The minimum atomic E-state index is -1.22. The minimum Gasteiger partial charge on any atom is -0.450 e. The van der Waals surface area contributed by atoms with Crippen LogP contribution in [-0.4, -0.2) is 23.7 Å². The van der Waals surface area contributed by atoms with Gasteiger partial charge < -0.3 is 9.84 Å². The molecule has 0 radical (unpaired) electrons. The van der Waals surface area contributed by atoms with E-state index >= 15 is 0 Å². The lowest BCUT2D eigenvalue weighted by atomic mass is 10.4. The van der Waals surface area contributed by atoms with Crippen molar-refractivity contribution in [2.45, 2.75) is 12.8 Å². The van der Waals surface area contributed by atoms with Crippen molar-refractivity contribution in [1.29, 1.82) is 0 Å². The van der Waals surface area contributed by atoms with Crippen LogP contribution in [0.4, 0.5) is 4.79 Å². The number of hydrogen-bond donors (Lipinski definition) is 1. The summed E-state index contributed by atoms with van der Waals surface area (Å²) in [5.41, 5.74) is 0. The van der Waals surface area contributed by atoms with Gasteiger partial charge in [0.15, 0.2) is 0 Å². The number of unbranched alkanes of at least 4 members (excludes halogenated alkanes) is 1. The third-order valence-electron chi connectivity index (χ3n) is 0.754. The monoisotopic (exact) mass is 152 g/mol. The van der Waals surface area contributed by atoms with Crippen molar-refractivity contribution in [3.8, 4) is 0 Å². The van der Waals surface area contributed by atoms with Gasteiger partial charge >= 0.3 is 6.16 Å². The maximum absolute atomic E-state index is 9.71. The molecule has 0 aliphatic rings. The number of rotatable bonds is 4. The molecule has 0 aromatic carbocycles. The predicted octanol–water partition coefficient (Wildman–Crippen LogP) is 1.70. The molecule has 0 atom stereocenters. The molecule has 0 rings (SSSR count). The highest BCUT2D eigenvalue weighted by Crippen LogP contribution is 1.91. The van der Waals surface area contributed by atoms with E-state index in [1.54, 1.807) is 0 Å². The Bertz CT molecular complexity index is 84.3. The molecule has 0 aromatic rings. The number of halogens is 1. The first kappa shape index (κ1) is 8.56. The predicted molar refractivity (Wildman–Crippen MR) is 33.9 cm³/mol. The van der Waals surface area contributed by atoms with Crippen molar-refractivity contribution in [3.63, 3.8) is 0 Å². The van der Waals surface area contributed by atoms with Crippen LogP contribution >= 0.6 is 11.6 Å². The summed E-state index contributed by atoms with van der Waals surface area (Å²) in [6.45, 7) is 0.252. The molecule has 9 heavy (non-hydrogen) atoms. The van der Waals surface area contributed by atoms with Gasteiger partial charge in [0, 0.05) is 5.88 Å². The maximum atomic E-state index is 9.71. The first-order chi connectivity index (χ1) is 4.27. The van der Waals surface area contributed by atoms with E-state index in [1.807, 2.05) is 0 Å². The fourth-order valence-electron chi connectivity index (χ4n) is 0.356. The van der Waals surface area contributed by atoms with Gasteiger partial charge in [-0.15, -0.1) is 11.6 Å². The lowest BCUT2D eigenvalue weighted by molar-refractivity contribution is 0.0905. The summed E-state index contributed by atoms with van der Waals surface area (Å²) in [5, 5.41) is 7.96. The zero-order valence-corrected chi connectivity index (χ0v) is 5.73. The molecule has 3 nitrogen and oxygen atoms in total. The van der Waals surface area contributed by atoms with E-state index < -0.39 is 6.16 Å². The Labute approximate surface area is 58.6 Å². The van der Waals surface area contributed by atoms with Gasteiger partial charge in [0.2, 0.25) is 0 Å². The fourth-order valence-corrected chi connectivity index (χ4v) is 0.545. The van der Waals surface area contributed by atoms with Gasteiger partial charge in [-0.25, -0.2) is 4.79 Å². The first-order valence-corrected chi connectivity index (χ1v) is 3.22. The highest BCUT2D eigenvalue weighted by molar-refractivity contribution is 6.17. The van der Waals surface area contributed by atoms with Gasteiger partial charge in [0.05, 0.1) is 6.61 Å². The molecule has 0 spiro atoms. The average molecular weight is 153 g/mol. The lowest BCUT2D eigenvalue weighted by Gasteiger charge is -1.96. The van der Waals surface area contributed by atoms with Crippen LogP contribution < -0.4 is 0 Å².